The van der Waals surface area contributed by atoms with E-state index >= 15 is 0 Å². The number of hydrogen-bond donors (Lipinski definition) is 0. The van der Waals surface area contributed by atoms with Gasteiger partial charge in [0.25, 0.3) is 0 Å². The summed E-state index contributed by atoms with van der Waals surface area (Å²) in [7, 11) is 0. The number of fused-ring (bicyclic) bond motifs is 3. The minimum absolute atomic E-state index is 0.563. The molecular weight excluding hydrogens is 300 g/mol. The van der Waals surface area contributed by atoms with Gasteiger partial charge in [-0.25, -0.2) is 14.5 Å². The first-order valence-electron chi connectivity index (χ1n) is 7.63. The van der Waals surface area contributed by atoms with Gasteiger partial charge in [0, 0.05) is 11.1 Å². The second-order valence-electron chi connectivity index (χ2n) is 5.49. The Hall–Kier alpha value is -3.47. The van der Waals surface area contributed by atoms with Crippen molar-refractivity contribution in [3.8, 4) is 22.5 Å². The number of benzene rings is 2. The normalized spacial score (nSPS) is 11.3. The number of hydrogen-bond acceptors (Lipinski definition) is 4. The molecule has 0 unspecified atom stereocenters. The van der Waals surface area contributed by atoms with E-state index in [0.29, 0.717) is 5.71 Å². The molecule has 0 spiro atoms. The first kappa shape index (κ1) is 13.0. The zero-order chi connectivity index (χ0) is 15.9. The van der Waals surface area contributed by atoms with Crippen molar-refractivity contribution in [3.63, 3.8) is 0 Å². The molecule has 0 saturated heterocycles. The Morgan fingerprint density at radius 3 is 2.25 bits per heavy atom. The minimum atomic E-state index is 0.563. The first-order valence-corrected chi connectivity index (χ1v) is 7.63. The van der Waals surface area contributed by atoms with Crippen LogP contribution in [0.3, 0.4) is 0 Å². The van der Waals surface area contributed by atoms with Crippen LogP contribution in [0.25, 0.3) is 39.2 Å². The molecule has 3 aromatic heterocycles. The highest BCUT2D eigenvalue weighted by Gasteiger charge is 2.21. The lowest BCUT2D eigenvalue weighted by atomic mass is 9.99. The van der Waals surface area contributed by atoms with Crippen molar-refractivity contribution < 1.29 is 4.42 Å². The average Bonchev–Trinajstić information content (AvgIpc) is 3.27. The summed E-state index contributed by atoms with van der Waals surface area (Å²) in [5.74, 6) is 0.792. The van der Waals surface area contributed by atoms with Crippen LogP contribution in [-0.4, -0.2) is 19.6 Å². The maximum atomic E-state index is 6.12. The molecule has 5 heteroatoms. The Morgan fingerprint density at radius 1 is 0.792 bits per heavy atom. The number of nitrogens with zero attached hydrogens (tertiary/aromatic N) is 4. The van der Waals surface area contributed by atoms with Crippen molar-refractivity contribution in [2.45, 2.75) is 0 Å². The third-order valence-corrected chi connectivity index (χ3v) is 4.07. The molecule has 0 saturated carbocycles. The molecule has 0 bridgehead atoms. The molecule has 5 rings (SSSR count). The fourth-order valence-corrected chi connectivity index (χ4v) is 3.01. The highest BCUT2D eigenvalue weighted by Crippen LogP contribution is 2.41. The Labute approximate surface area is 137 Å². The van der Waals surface area contributed by atoms with E-state index in [-0.39, 0.29) is 0 Å². The molecule has 0 radical (unpaired) electrons. The number of furan rings is 1. The lowest BCUT2D eigenvalue weighted by Crippen LogP contribution is -1.90. The van der Waals surface area contributed by atoms with Crippen LogP contribution in [0.1, 0.15) is 0 Å². The van der Waals surface area contributed by atoms with Crippen molar-refractivity contribution in [1.29, 1.82) is 0 Å². The number of aromatic nitrogens is 4. The zero-order valence-electron chi connectivity index (χ0n) is 12.6. The van der Waals surface area contributed by atoms with Gasteiger partial charge >= 0.3 is 0 Å². The molecule has 24 heavy (non-hydrogen) atoms. The Morgan fingerprint density at radius 2 is 1.50 bits per heavy atom. The molecule has 0 amide bonds. The predicted molar refractivity (Wildman–Crippen MR) is 91.4 cm³/mol. The summed E-state index contributed by atoms with van der Waals surface area (Å²) in [5, 5.41) is 5.06. The second-order valence-corrected chi connectivity index (χ2v) is 5.49. The lowest BCUT2D eigenvalue weighted by Gasteiger charge is -2.03. The van der Waals surface area contributed by atoms with Crippen LogP contribution in [0.5, 0.6) is 0 Å². The molecule has 0 aliphatic rings. The molecule has 0 N–H and O–H groups in total. The summed E-state index contributed by atoms with van der Waals surface area (Å²) < 4.78 is 7.79. The van der Waals surface area contributed by atoms with E-state index < -0.39 is 0 Å². The van der Waals surface area contributed by atoms with E-state index in [4.69, 9.17) is 4.42 Å². The molecule has 2 aromatic carbocycles. The van der Waals surface area contributed by atoms with Gasteiger partial charge in [0.05, 0.1) is 5.39 Å². The van der Waals surface area contributed by atoms with Crippen molar-refractivity contribution in [3.05, 3.63) is 73.3 Å². The SMILES string of the molecule is c1ccc(-c2oc3ncn4ncnc4c3c2-c2ccccc2)cc1. The van der Waals surface area contributed by atoms with Gasteiger partial charge in [-0.05, 0) is 5.56 Å². The molecule has 0 fully saturated rings. The van der Waals surface area contributed by atoms with Gasteiger partial charge in [-0.2, -0.15) is 5.10 Å². The molecule has 0 aliphatic carbocycles. The van der Waals surface area contributed by atoms with Crippen LogP contribution < -0.4 is 0 Å². The third-order valence-electron chi connectivity index (χ3n) is 4.07. The van der Waals surface area contributed by atoms with Gasteiger partial charge in [-0.3, -0.25) is 0 Å². The van der Waals surface area contributed by atoms with Gasteiger partial charge in [0.2, 0.25) is 5.71 Å². The monoisotopic (exact) mass is 312 g/mol. The van der Waals surface area contributed by atoms with Crippen LogP contribution in [-0.2, 0) is 0 Å². The van der Waals surface area contributed by atoms with Crippen LogP contribution in [0.4, 0.5) is 0 Å². The third kappa shape index (κ3) is 1.85. The van der Waals surface area contributed by atoms with Gasteiger partial charge in [0.1, 0.15) is 18.4 Å². The molecule has 114 valence electrons. The van der Waals surface area contributed by atoms with E-state index in [1.165, 1.54) is 6.33 Å². The van der Waals surface area contributed by atoms with E-state index in [9.17, 15) is 0 Å². The molecular formula is C19H12N4O. The van der Waals surface area contributed by atoms with E-state index in [1.54, 1.807) is 10.8 Å². The van der Waals surface area contributed by atoms with E-state index in [0.717, 1.165) is 33.5 Å². The van der Waals surface area contributed by atoms with Crippen molar-refractivity contribution in [1.82, 2.24) is 19.6 Å². The fraction of sp³-hybridized carbons (Fsp3) is 0. The summed E-state index contributed by atoms with van der Waals surface area (Å²) in [6.45, 7) is 0. The lowest BCUT2D eigenvalue weighted by molar-refractivity contribution is 0.617. The highest BCUT2D eigenvalue weighted by atomic mass is 16.3. The molecule has 0 atom stereocenters. The van der Waals surface area contributed by atoms with Crippen molar-refractivity contribution >= 4 is 16.7 Å². The molecule has 3 heterocycles. The van der Waals surface area contributed by atoms with Crippen LogP contribution in [0.15, 0.2) is 77.7 Å². The summed E-state index contributed by atoms with van der Waals surface area (Å²) in [6.07, 6.45) is 3.15. The second kappa shape index (κ2) is 5.03. The van der Waals surface area contributed by atoms with Gasteiger partial charge in [-0.1, -0.05) is 60.7 Å². The zero-order valence-corrected chi connectivity index (χ0v) is 12.6. The van der Waals surface area contributed by atoms with E-state index in [1.807, 2.05) is 48.5 Å². The highest BCUT2D eigenvalue weighted by molar-refractivity contribution is 6.07. The van der Waals surface area contributed by atoms with Crippen LogP contribution in [0.2, 0.25) is 0 Å². The molecule has 5 nitrogen and oxygen atoms in total. The van der Waals surface area contributed by atoms with E-state index in [2.05, 4.69) is 27.2 Å². The summed E-state index contributed by atoms with van der Waals surface area (Å²) in [4.78, 5) is 8.80. The largest absolute Gasteiger partial charge is 0.437 e. The summed E-state index contributed by atoms with van der Waals surface area (Å²) in [5.41, 5.74) is 4.36. The van der Waals surface area contributed by atoms with Gasteiger partial charge in [-0.15, -0.1) is 0 Å². The van der Waals surface area contributed by atoms with Gasteiger partial charge in [0.15, 0.2) is 5.65 Å². The Bertz CT molecular complexity index is 1140. The predicted octanol–water partition coefficient (Wildman–Crippen LogP) is 4.20. The van der Waals surface area contributed by atoms with Crippen LogP contribution in [0, 0.1) is 0 Å². The van der Waals surface area contributed by atoms with Crippen molar-refractivity contribution in [2.75, 3.05) is 0 Å². The summed E-state index contributed by atoms with van der Waals surface area (Å²) >= 11 is 0. The number of rotatable bonds is 2. The average molecular weight is 312 g/mol. The topological polar surface area (TPSA) is 56.2 Å². The standard InChI is InChI=1S/C19H12N4O/c1-3-7-13(8-4-1)15-16-18-20-11-22-23(18)12-21-19(16)24-17(15)14-9-5-2-6-10-14/h1-12H. The van der Waals surface area contributed by atoms with Crippen molar-refractivity contribution in [2.24, 2.45) is 0 Å². The fourth-order valence-electron chi connectivity index (χ4n) is 3.01. The van der Waals surface area contributed by atoms with Gasteiger partial charge < -0.3 is 4.42 Å². The maximum Gasteiger partial charge on any atom is 0.232 e. The molecule has 5 aromatic rings. The first-order chi connectivity index (χ1) is 11.9. The Kier molecular flexibility index (Phi) is 2.72. The minimum Gasteiger partial charge on any atom is -0.437 e. The quantitative estimate of drug-likeness (QED) is 0.490. The summed E-state index contributed by atoms with van der Waals surface area (Å²) in [6, 6.07) is 20.2. The smallest absolute Gasteiger partial charge is 0.232 e. The maximum absolute atomic E-state index is 6.12. The molecule has 0 aliphatic heterocycles. The Balaban J connectivity index is 1.96. The van der Waals surface area contributed by atoms with Crippen LogP contribution >= 0.6 is 0 Å².